The van der Waals surface area contributed by atoms with Crippen LogP contribution in [-0.2, 0) is 19.5 Å². The number of carbonyl (C=O) groups excluding carboxylic acids is 1. The van der Waals surface area contributed by atoms with Crippen LogP contribution in [0.5, 0.6) is 23.0 Å². The van der Waals surface area contributed by atoms with Crippen LogP contribution in [-0.4, -0.2) is 36.7 Å². The van der Waals surface area contributed by atoms with Gasteiger partial charge in [0.15, 0.2) is 11.5 Å². The van der Waals surface area contributed by atoms with Crippen molar-refractivity contribution in [1.82, 2.24) is 10.1 Å². The van der Waals surface area contributed by atoms with E-state index in [2.05, 4.69) is 5.16 Å². The van der Waals surface area contributed by atoms with Gasteiger partial charge in [0.05, 0.1) is 26.5 Å². The number of nitrogens with two attached hydrogens (primary N) is 1. The van der Waals surface area contributed by atoms with Crippen molar-refractivity contribution >= 4 is 5.91 Å². The zero-order chi connectivity index (χ0) is 21.1. The summed E-state index contributed by atoms with van der Waals surface area (Å²) in [7, 11) is 3.14. The maximum atomic E-state index is 13.1. The van der Waals surface area contributed by atoms with Crippen molar-refractivity contribution < 1.29 is 23.5 Å². The first-order valence-electron chi connectivity index (χ1n) is 9.57. The maximum Gasteiger partial charge on any atom is 0.254 e. The monoisotopic (exact) mass is 409 g/mol. The molecule has 0 aliphatic carbocycles. The Morgan fingerprint density at radius 1 is 1.13 bits per heavy atom. The standard InChI is InChI=1S/C22H23N3O5/c1-27-19-6-4-14(22(26)25-8-7-18-16(12-25)13-29-24-18)9-21(19)30-17-5-3-15(11-23)20(10-17)28-2/h3-6,9-10,13H,7-8,11-12,23H2,1-2H3. The molecule has 156 valence electrons. The number of aromatic nitrogens is 1. The lowest BCUT2D eigenvalue weighted by molar-refractivity contribution is 0.0734. The summed E-state index contributed by atoms with van der Waals surface area (Å²) in [6, 6.07) is 10.6. The topological polar surface area (TPSA) is 100 Å². The molecule has 1 aliphatic heterocycles. The van der Waals surface area contributed by atoms with E-state index in [0.717, 1.165) is 16.8 Å². The first kappa shape index (κ1) is 19.8. The van der Waals surface area contributed by atoms with Crippen molar-refractivity contribution in [2.45, 2.75) is 19.5 Å². The molecule has 1 amide bonds. The summed E-state index contributed by atoms with van der Waals surface area (Å²) >= 11 is 0. The minimum absolute atomic E-state index is 0.0922. The largest absolute Gasteiger partial charge is 0.496 e. The normalized spacial score (nSPS) is 13.0. The van der Waals surface area contributed by atoms with Crippen molar-refractivity contribution in [3.05, 3.63) is 65.0 Å². The lowest BCUT2D eigenvalue weighted by atomic mass is 10.1. The van der Waals surface area contributed by atoms with Gasteiger partial charge in [0, 0.05) is 42.3 Å². The first-order chi connectivity index (χ1) is 14.6. The average Bonchev–Trinajstić information content (AvgIpc) is 3.26. The number of carbonyl (C=O) groups is 1. The molecule has 1 aliphatic rings. The van der Waals surface area contributed by atoms with Crippen molar-refractivity contribution in [2.24, 2.45) is 5.73 Å². The summed E-state index contributed by atoms with van der Waals surface area (Å²) in [4.78, 5) is 14.8. The van der Waals surface area contributed by atoms with Crippen molar-refractivity contribution in [3.8, 4) is 23.0 Å². The highest BCUT2D eigenvalue weighted by atomic mass is 16.5. The predicted octanol–water partition coefficient (Wildman–Crippen LogP) is 3.14. The van der Waals surface area contributed by atoms with Crippen LogP contribution in [0, 0.1) is 0 Å². The highest BCUT2D eigenvalue weighted by Gasteiger charge is 2.25. The third-order valence-electron chi connectivity index (χ3n) is 5.11. The van der Waals surface area contributed by atoms with Crippen LogP contribution in [0.3, 0.4) is 0 Å². The number of hydrogen-bond donors (Lipinski definition) is 1. The van der Waals surface area contributed by atoms with Gasteiger partial charge in [0.1, 0.15) is 17.8 Å². The van der Waals surface area contributed by atoms with Gasteiger partial charge in [-0.25, -0.2) is 0 Å². The van der Waals surface area contributed by atoms with Crippen LogP contribution >= 0.6 is 0 Å². The molecule has 0 fully saturated rings. The minimum atomic E-state index is -0.0922. The zero-order valence-electron chi connectivity index (χ0n) is 16.9. The molecular formula is C22H23N3O5. The van der Waals surface area contributed by atoms with Gasteiger partial charge in [-0.1, -0.05) is 11.2 Å². The smallest absolute Gasteiger partial charge is 0.254 e. The summed E-state index contributed by atoms with van der Waals surface area (Å²) in [5.41, 5.74) is 8.96. The zero-order valence-corrected chi connectivity index (χ0v) is 16.9. The molecule has 0 unspecified atom stereocenters. The van der Waals surface area contributed by atoms with Crippen LogP contribution < -0.4 is 19.9 Å². The van der Waals surface area contributed by atoms with Crippen LogP contribution in [0.2, 0.25) is 0 Å². The Morgan fingerprint density at radius 2 is 1.97 bits per heavy atom. The highest BCUT2D eigenvalue weighted by molar-refractivity contribution is 5.95. The molecule has 30 heavy (non-hydrogen) atoms. The fourth-order valence-electron chi connectivity index (χ4n) is 3.47. The first-order valence-corrected chi connectivity index (χ1v) is 9.57. The van der Waals surface area contributed by atoms with Crippen LogP contribution in [0.15, 0.2) is 47.2 Å². The Labute approximate surface area is 174 Å². The van der Waals surface area contributed by atoms with E-state index in [4.69, 9.17) is 24.5 Å². The van der Waals surface area contributed by atoms with E-state index < -0.39 is 0 Å². The van der Waals surface area contributed by atoms with Crippen LogP contribution in [0.25, 0.3) is 0 Å². The molecule has 8 nitrogen and oxygen atoms in total. The van der Waals surface area contributed by atoms with E-state index >= 15 is 0 Å². The van der Waals surface area contributed by atoms with Crippen LogP contribution in [0.1, 0.15) is 27.2 Å². The third-order valence-corrected chi connectivity index (χ3v) is 5.11. The molecular weight excluding hydrogens is 386 g/mol. The fourth-order valence-corrected chi connectivity index (χ4v) is 3.47. The molecule has 0 radical (unpaired) electrons. The van der Waals surface area contributed by atoms with Gasteiger partial charge < -0.3 is 29.4 Å². The summed E-state index contributed by atoms with van der Waals surface area (Å²) in [5.74, 6) is 2.06. The molecule has 8 heteroatoms. The summed E-state index contributed by atoms with van der Waals surface area (Å²) in [5, 5.41) is 3.97. The SMILES string of the molecule is COc1cc(Oc2cc(C(=O)N3CCc4nocc4C3)ccc2OC)ccc1CN. The lowest BCUT2D eigenvalue weighted by Gasteiger charge is -2.26. The second kappa shape index (κ2) is 8.46. The number of fused-ring (bicyclic) bond motifs is 1. The Hall–Kier alpha value is -3.52. The summed E-state index contributed by atoms with van der Waals surface area (Å²) in [6.07, 6.45) is 2.26. The molecule has 4 rings (SSSR count). The number of benzene rings is 2. The number of nitrogens with zero attached hydrogens (tertiary/aromatic N) is 2. The number of ether oxygens (including phenoxy) is 3. The molecule has 0 saturated heterocycles. The quantitative estimate of drug-likeness (QED) is 0.667. The van der Waals surface area contributed by atoms with Gasteiger partial charge >= 0.3 is 0 Å². The Balaban J connectivity index is 1.59. The Morgan fingerprint density at radius 3 is 2.73 bits per heavy atom. The van der Waals surface area contributed by atoms with Gasteiger partial charge in [-0.05, 0) is 24.3 Å². The number of rotatable bonds is 6. The van der Waals surface area contributed by atoms with Crippen molar-refractivity contribution in [2.75, 3.05) is 20.8 Å². The molecule has 0 saturated carbocycles. The second-order valence-corrected chi connectivity index (χ2v) is 6.91. The second-order valence-electron chi connectivity index (χ2n) is 6.91. The molecule has 0 atom stereocenters. The fraction of sp³-hybridized carbons (Fsp3) is 0.273. The van der Waals surface area contributed by atoms with E-state index in [1.165, 1.54) is 0 Å². The molecule has 2 aromatic carbocycles. The molecule has 0 bridgehead atoms. The molecule has 2 heterocycles. The summed E-state index contributed by atoms with van der Waals surface area (Å²) in [6.45, 7) is 1.41. The van der Waals surface area contributed by atoms with E-state index in [-0.39, 0.29) is 5.91 Å². The van der Waals surface area contributed by atoms with Gasteiger partial charge in [0.25, 0.3) is 5.91 Å². The molecule has 2 N–H and O–H groups in total. The third kappa shape index (κ3) is 3.81. The number of hydrogen-bond acceptors (Lipinski definition) is 7. The van der Waals surface area contributed by atoms with E-state index in [1.807, 2.05) is 6.07 Å². The summed E-state index contributed by atoms with van der Waals surface area (Å²) < 4.78 is 21.8. The van der Waals surface area contributed by atoms with Gasteiger partial charge in [-0.2, -0.15) is 0 Å². The predicted molar refractivity (Wildman–Crippen MR) is 109 cm³/mol. The van der Waals surface area contributed by atoms with Crippen LogP contribution in [0.4, 0.5) is 0 Å². The van der Waals surface area contributed by atoms with Gasteiger partial charge in [-0.15, -0.1) is 0 Å². The lowest BCUT2D eigenvalue weighted by Crippen LogP contribution is -2.35. The molecule has 3 aromatic rings. The highest BCUT2D eigenvalue weighted by Crippen LogP contribution is 2.35. The Kier molecular flexibility index (Phi) is 5.58. The Bertz CT molecular complexity index is 1060. The van der Waals surface area contributed by atoms with Crippen molar-refractivity contribution in [3.63, 3.8) is 0 Å². The van der Waals surface area contributed by atoms with Crippen molar-refractivity contribution in [1.29, 1.82) is 0 Å². The minimum Gasteiger partial charge on any atom is -0.496 e. The van der Waals surface area contributed by atoms with E-state index in [9.17, 15) is 4.79 Å². The molecule has 0 spiro atoms. The van der Waals surface area contributed by atoms with E-state index in [1.54, 1.807) is 55.7 Å². The van der Waals surface area contributed by atoms with Gasteiger partial charge in [0.2, 0.25) is 0 Å². The number of methoxy groups -OCH3 is 2. The molecule has 1 aromatic heterocycles. The number of amides is 1. The van der Waals surface area contributed by atoms with Gasteiger partial charge in [-0.3, -0.25) is 4.79 Å². The van der Waals surface area contributed by atoms with E-state index in [0.29, 0.717) is 54.6 Å². The average molecular weight is 409 g/mol. The maximum absolute atomic E-state index is 13.1.